The molecule has 8 heteroatoms. The topological polar surface area (TPSA) is 62.7 Å². The van der Waals surface area contributed by atoms with Crippen LogP contribution in [-0.2, 0) is 11.3 Å². The molecule has 0 aliphatic heterocycles. The number of aromatic nitrogens is 3. The second kappa shape index (κ2) is 6.77. The first kappa shape index (κ1) is 16.1. The highest BCUT2D eigenvalue weighted by Crippen LogP contribution is 2.25. The van der Waals surface area contributed by atoms with Crippen molar-refractivity contribution in [2.75, 3.05) is 0 Å². The van der Waals surface area contributed by atoms with Crippen molar-refractivity contribution in [2.24, 2.45) is 0 Å². The lowest BCUT2D eigenvalue weighted by Gasteiger charge is -2.15. The summed E-state index contributed by atoms with van der Waals surface area (Å²) < 4.78 is 2.21. The number of hydrogen-bond donors (Lipinski definition) is 2. The summed E-state index contributed by atoms with van der Waals surface area (Å²) in [6, 6.07) is 5.54. The highest BCUT2D eigenvalue weighted by molar-refractivity contribution is 7.71. The van der Waals surface area contributed by atoms with Gasteiger partial charge in [-0.15, -0.1) is 22.7 Å². The van der Waals surface area contributed by atoms with Crippen molar-refractivity contribution < 1.29 is 4.79 Å². The normalized spacial score (nSPS) is 12.3. The van der Waals surface area contributed by atoms with E-state index in [4.69, 9.17) is 12.2 Å². The van der Waals surface area contributed by atoms with Crippen LogP contribution in [0.3, 0.4) is 0 Å². The molecule has 5 nitrogen and oxygen atoms in total. The van der Waals surface area contributed by atoms with E-state index in [2.05, 4.69) is 21.6 Å². The summed E-state index contributed by atoms with van der Waals surface area (Å²) in [5, 5.41) is 14.0. The molecule has 0 spiro atoms. The van der Waals surface area contributed by atoms with E-state index >= 15 is 0 Å². The number of aryl methyl sites for hydroxylation is 1. The molecular formula is C15H16N4OS3. The summed E-state index contributed by atoms with van der Waals surface area (Å²) in [6.45, 7) is 4.41. The number of thiophene rings is 2. The molecule has 0 saturated heterocycles. The van der Waals surface area contributed by atoms with E-state index in [9.17, 15) is 4.79 Å². The lowest BCUT2D eigenvalue weighted by atomic mass is 10.2. The minimum Gasteiger partial charge on any atom is -0.349 e. The SMILES string of the molecule is Cc1ccsc1CNC(=O)[C@@H](C)n1c(-c2cccs2)n[nH]c1=S. The van der Waals surface area contributed by atoms with Crippen molar-refractivity contribution in [1.29, 1.82) is 0 Å². The number of rotatable bonds is 5. The molecule has 1 atom stereocenters. The quantitative estimate of drug-likeness (QED) is 0.675. The van der Waals surface area contributed by atoms with Gasteiger partial charge in [-0.05, 0) is 54.5 Å². The number of H-pyrrole nitrogens is 1. The Hall–Kier alpha value is -1.77. The molecule has 0 radical (unpaired) electrons. The Morgan fingerprint density at radius 2 is 2.26 bits per heavy atom. The maximum atomic E-state index is 12.5. The number of hydrogen-bond acceptors (Lipinski definition) is 5. The fourth-order valence-electron chi connectivity index (χ4n) is 2.26. The zero-order valence-corrected chi connectivity index (χ0v) is 15.1. The minimum absolute atomic E-state index is 0.0758. The molecule has 0 bridgehead atoms. The Balaban J connectivity index is 1.79. The lowest BCUT2D eigenvalue weighted by molar-refractivity contribution is -0.124. The van der Waals surface area contributed by atoms with Crippen LogP contribution in [0.15, 0.2) is 29.0 Å². The van der Waals surface area contributed by atoms with Gasteiger partial charge in [0.2, 0.25) is 5.91 Å². The average Bonchev–Trinajstić information content (AvgIpc) is 3.25. The second-order valence-electron chi connectivity index (χ2n) is 5.12. The first-order valence-electron chi connectivity index (χ1n) is 7.09. The van der Waals surface area contributed by atoms with Crippen LogP contribution < -0.4 is 5.32 Å². The van der Waals surface area contributed by atoms with Crippen LogP contribution in [0, 0.1) is 11.7 Å². The molecule has 2 N–H and O–H groups in total. The van der Waals surface area contributed by atoms with Crippen molar-refractivity contribution in [3.05, 3.63) is 44.2 Å². The Kier molecular flexibility index (Phi) is 4.74. The molecule has 23 heavy (non-hydrogen) atoms. The highest BCUT2D eigenvalue weighted by Gasteiger charge is 2.21. The Labute approximate surface area is 147 Å². The van der Waals surface area contributed by atoms with E-state index in [0.717, 1.165) is 4.88 Å². The van der Waals surface area contributed by atoms with Gasteiger partial charge in [0.1, 0.15) is 6.04 Å². The Morgan fingerprint density at radius 3 is 2.91 bits per heavy atom. The molecule has 3 aromatic heterocycles. The van der Waals surface area contributed by atoms with Crippen molar-refractivity contribution in [2.45, 2.75) is 26.4 Å². The van der Waals surface area contributed by atoms with Gasteiger partial charge in [0.15, 0.2) is 10.6 Å². The predicted molar refractivity (Wildman–Crippen MR) is 96.3 cm³/mol. The van der Waals surface area contributed by atoms with Gasteiger partial charge in [-0.25, -0.2) is 0 Å². The van der Waals surface area contributed by atoms with E-state index in [0.29, 0.717) is 17.1 Å². The van der Waals surface area contributed by atoms with Gasteiger partial charge in [0, 0.05) is 4.88 Å². The first-order valence-corrected chi connectivity index (χ1v) is 9.26. The molecule has 0 unspecified atom stereocenters. The zero-order valence-electron chi connectivity index (χ0n) is 12.7. The van der Waals surface area contributed by atoms with Gasteiger partial charge < -0.3 is 5.32 Å². The fraction of sp³-hybridized carbons (Fsp3) is 0.267. The zero-order chi connectivity index (χ0) is 16.4. The van der Waals surface area contributed by atoms with Gasteiger partial charge in [0.05, 0.1) is 11.4 Å². The molecule has 0 aliphatic rings. The van der Waals surface area contributed by atoms with Crippen LogP contribution in [0.2, 0.25) is 0 Å². The Bertz CT molecular complexity index is 860. The molecular weight excluding hydrogens is 348 g/mol. The molecule has 0 fully saturated rings. The van der Waals surface area contributed by atoms with Gasteiger partial charge in [-0.1, -0.05) is 6.07 Å². The van der Waals surface area contributed by atoms with Crippen molar-refractivity contribution in [3.63, 3.8) is 0 Å². The summed E-state index contributed by atoms with van der Waals surface area (Å²) >= 11 is 8.51. The lowest BCUT2D eigenvalue weighted by Crippen LogP contribution is -2.31. The monoisotopic (exact) mass is 364 g/mol. The highest BCUT2D eigenvalue weighted by atomic mass is 32.1. The van der Waals surface area contributed by atoms with E-state index in [-0.39, 0.29) is 5.91 Å². The van der Waals surface area contributed by atoms with Crippen LogP contribution in [0.5, 0.6) is 0 Å². The molecule has 0 aromatic carbocycles. The molecule has 0 aliphatic carbocycles. The van der Waals surface area contributed by atoms with Crippen molar-refractivity contribution in [3.8, 4) is 10.7 Å². The fourth-order valence-corrected chi connectivity index (χ4v) is 4.11. The van der Waals surface area contributed by atoms with Crippen molar-refractivity contribution >= 4 is 40.8 Å². The van der Waals surface area contributed by atoms with Crippen LogP contribution in [0.1, 0.15) is 23.4 Å². The third-order valence-electron chi connectivity index (χ3n) is 3.60. The first-order chi connectivity index (χ1) is 11.1. The third-order valence-corrected chi connectivity index (χ3v) is 5.78. The molecule has 3 rings (SSSR count). The molecule has 3 aromatic rings. The number of carbonyl (C=O) groups excluding carboxylic acids is 1. The standard InChI is InChI=1S/C15H16N4OS3/c1-9-5-7-23-12(9)8-16-14(20)10(2)19-13(17-18-15(19)21)11-4-3-6-22-11/h3-7,10H,8H2,1-2H3,(H,16,20)(H,18,21)/t10-/m1/s1. The molecule has 120 valence electrons. The van der Waals surface area contributed by atoms with E-state index in [1.54, 1.807) is 27.2 Å². The van der Waals surface area contributed by atoms with Crippen LogP contribution in [0.25, 0.3) is 10.7 Å². The number of aromatic amines is 1. The smallest absolute Gasteiger partial charge is 0.243 e. The summed E-state index contributed by atoms with van der Waals surface area (Å²) in [5.41, 5.74) is 1.20. The summed E-state index contributed by atoms with van der Waals surface area (Å²) in [7, 11) is 0. The maximum absolute atomic E-state index is 12.5. The van der Waals surface area contributed by atoms with Crippen LogP contribution >= 0.6 is 34.9 Å². The van der Waals surface area contributed by atoms with Crippen LogP contribution in [0.4, 0.5) is 0 Å². The number of carbonyl (C=O) groups is 1. The molecule has 1 amide bonds. The second-order valence-corrected chi connectivity index (χ2v) is 7.46. The summed E-state index contributed by atoms with van der Waals surface area (Å²) in [5.74, 6) is 0.619. The number of amides is 1. The van der Waals surface area contributed by atoms with E-state index in [1.165, 1.54) is 10.4 Å². The predicted octanol–water partition coefficient (Wildman–Crippen LogP) is 3.92. The maximum Gasteiger partial charge on any atom is 0.243 e. The Morgan fingerprint density at radius 1 is 1.43 bits per heavy atom. The van der Waals surface area contributed by atoms with Gasteiger partial charge in [-0.2, -0.15) is 5.10 Å². The third kappa shape index (κ3) is 3.29. The van der Waals surface area contributed by atoms with Gasteiger partial charge in [0.25, 0.3) is 0 Å². The van der Waals surface area contributed by atoms with Crippen molar-refractivity contribution in [1.82, 2.24) is 20.1 Å². The largest absolute Gasteiger partial charge is 0.349 e. The molecule has 0 saturated carbocycles. The van der Waals surface area contributed by atoms with Gasteiger partial charge in [-0.3, -0.25) is 14.5 Å². The van der Waals surface area contributed by atoms with Gasteiger partial charge >= 0.3 is 0 Å². The van der Waals surface area contributed by atoms with E-state index in [1.807, 2.05) is 36.7 Å². The molecule has 3 heterocycles. The minimum atomic E-state index is -0.432. The number of nitrogens with one attached hydrogen (secondary N) is 2. The summed E-state index contributed by atoms with van der Waals surface area (Å²) in [4.78, 5) is 14.7. The number of nitrogens with zero attached hydrogens (tertiary/aromatic N) is 2. The summed E-state index contributed by atoms with van der Waals surface area (Å²) in [6.07, 6.45) is 0. The van der Waals surface area contributed by atoms with Crippen LogP contribution in [-0.4, -0.2) is 20.7 Å². The van der Waals surface area contributed by atoms with E-state index < -0.39 is 6.04 Å². The average molecular weight is 365 g/mol.